The molecular formula is C10H19ClN4O2S. The minimum absolute atomic E-state index is 0. The third-order valence-electron chi connectivity index (χ3n) is 3.22. The standard InChI is InChI=1S/C10H18N4O2S.ClH/c1-3-13-6-10(12-7-13)17(15,16)14-4-8(2)9(11)5-14;/h6-9H,3-5,11H2,1-2H3;1H. The van der Waals surface area contributed by atoms with Crippen molar-refractivity contribution in [1.29, 1.82) is 0 Å². The lowest BCUT2D eigenvalue weighted by molar-refractivity contribution is 0.462. The number of imidazole rings is 1. The Morgan fingerprint density at radius 1 is 1.50 bits per heavy atom. The number of aromatic nitrogens is 2. The molecule has 1 aromatic heterocycles. The van der Waals surface area contributed by atoms with Gasteiger partial charge in [0.2, 0.25) is 0 Å². The summed E-state index contributed by atoms with van der Waals surface area (Å²) in [5.41, 5.74) is 5.84. The van der Waals surface area contributed by atoms with Crippen LogP contribution in [0, 0.1) is 5.92 Å². The van der Waals surface area contributed by atoms with Gasteiger partial charge in [-0.3, -0.25) is 0 Å². The quantitative estimate of drug-likeness (QED) is 0.869. The van der Waals surface area contributed by atoms with Gasteiger partial charge in [0, 0.05) is 31.9 Å². The topological polar surface area (TPSA) is 81.2 Å². The highest BCUT2D eigenvalue weighted by atomic mass is 35.5. The van der Waals surface area contributed by atoms with E-state index in [0.29, 0.717) is 19.6 Å². The Hall–Kier alpha value is -0.630. The molecule has 0 saturated carbocycles. The zero-order chi connectivity index (χ0) is 12.6. The number of hydrogen-bond donors (Lipinski definition) is 1. The van der Waals surface area contributed by atoms with Crippen molar-refractivity contribution in [3.63, 3.8) is 0 Å². The SMILES string of the molecule is CCn1cnc(S(=O)(=O)N2CC(C)C(N)C2)c1.Cl. The number of hydrogen-bond acceptors (Lipinski definition) is 4. The molecule has 1 fully saturated rings. The monoisotopic (exact) mass is 294 g/mol. The van der Waals surface area contributed by atoms with Crippen LogP contribution in [0.15, 0.2) is 17.6 Å². The van der Waals surface area contributed by atoms with Gasteiger partial charge in [-0.15, -0.1) is 12.4 Å². The predicted molar refractivity (Wildman–Crippen MR) is 71.0 cm³/mol. The maximum Gasteiger partial charge on any atom is 0.262 e. The molecule has 1 aliphatic rings. The largest absolute Gasteiger partial charge is 0.336 e. The number of nitrogens with zero attached hydrogens (tertiary/aromatic N) is 3. The van der Waals surface area contributed by atoms with Gasteiger partial charge < -0.3 is 10.3 Å². The van der Waals surface area contributed by atoms with Gasteiger partial charge in [0.05, 0.1) is 6.33 Å². The van der Waals surface area contributed by atoms with Gasteiger partial charge in [-0.05, 0) is 12.8 Å². The number of halogens is 1. The summed E-state index contributed by atoms with van der Waals surface area (Å²) in [6, 6.07) is -0.0852. The van der Waals surface area contributed by atoms with Crippen molar-refractivity contribution in [2.75, 3.05) is 13.1 Å². The molecule has 18 heavy (non-hydrogen) atoms. The smallest absolute Gasteiger partial charge is 0.262 e. The zero-order valence-corrected chi connectivity index (χ0v) is 12.1. The third kappa shape index (κ3) is 2.69. The average molecular weight is 295 g/mol. The second-order valence-corrected chi connectivity index (χ2v) is 6.39. The first-order valence-corrected chi connectivity index (χ1v) is 7.16. The molecule has 1 aromatic rings. The fraction of sp³-hybridized carbons (Fsp3) is 0.700. The van der Waals surface area contributed by atoms with Gasteiger partial charge in [0.25, 0.3) is 10.0 Å². The Kier molecular flexibility index (Phi) is 4.77. The van der Waals surface area contributed by atoms with Gasteiger partial charge in [-0.1, -0.05) is 6.92 Å². The normalized spacial score (nSPS) is 25.1. The number of nitrogens with two attached hydrogens (primary N) is 1. The van der Waals surface area contributed by atoms with E-state index in [9.17, 15) is 8.42 Å². The highest BCUT2D eigenvalue weighted by molar-refractivity contribution is 7.89. The summed E-state index contributed by atoms with van der Waals surface area (Å²) in [6.07, 6.45) is 3.09. The van der Waals surface area contributed by atoms with Crippen LogP contribution >= 0.6 is 12.4 Å². The van der Waals surface area contributed by atoms with Gasteiger partial charge >= 0.3 is 0 Å². The van der Waals surface area contributed by atoms with Gasteiger partial charge in [0.15, 0.2) is 5.03 Å². The van der Waals surface area contributed by atoms with E-state index >= 15 is 0 Å². The van der Waals surface area contributed by atoms with Crippen molar-refractivity contribution >= 4 is 22.4 Å². The van der Waals surface area contributed by atoms with Crippen LogP contribution in [0.5, 0.6) is 0 Å². The lowest BCUT2D eigenvalue weighted by Gasteiger charge is -2.13. The van der Waals surface area contributed by atoms with E-state index in [1.54, 1.807) is 10.8 Å². The first-order chi connectivity index (χ1) is 7.95. The second-order valence-electron chi connectivity index (χ2n) is 4.51. The number of aryl methyl sites for hydroxylation is 1. The van der Waals surface area contributed by atoms with Crippen molar-refractivity contribution in [3.05, 3.63) is 12.5 Å². The summed E-state index contributed by atoms with van der Waals surface area (Å²) < 4.78 is 27.7. The Balaban J connectivity index is 0.00000162. The molecule has 1 saturated heterocycles. The summed E-state index contributed by atoms with van der Waals surface area (Å²) in [6.45, 7) is 5.46. The van der Waals surface area contributed by atoms with Gasteiger partial charge in [-0.2, -0.15) is 4.31 Å². The first-order valence-electron chi connectivity index (χ1n) is 5.72. The molecule has 1 aliphatic heterocycles. The highest BCUT2D eigenvalue weighted by Crippen LogP contribution is 2.22. The molecule has 6 nitrogen and oxygen atoms in total. The predicted octanol–water partition coefficient (Wildman–Crippen LogP) is 0.292. The molecule has 2 N–H and O–H groups in total. The van der Waals surface area contributed by atoms with Crippen LogP contribution in [-0.4, -0.2) is 41.4 Å². The molecule has 0 aromatic carbocycles. The van der Waals surface area contributed by atoms with E-state index in [2.05, 4.69) is 4.98 Å². The zero-order valence-electron chi connectivity index (χ0n) is 10.5. The Morgan fingerprint density at radius 3 is 2.61 bits per heavy atom. The molecule has 2 unspecified atom stereocenters. The van der Waals surface area contributed by atoms with Gasteiger partial charge in [0.1, 0.15) is 0 Å². The molecule has 2 atom stereocenters. The molecule has 104 valence electrons. The van der Waals surface area contributed by atoms with Crippen LogP contribution in [0.4, 0.5) is 0 Å². The number of sulfonamides is 1. The van der Waals surface area contributed by atoms with E-state index in [0.717, 1.165) is 0 Å². The van der Waals surface area contributed by atoms with Crippen LogP contribution in [0.2, 0.25) is 0 Å². The fourth-order valence-corrected chi connectivity index (χ4v) is 3.43. The minimum atomic E-state index is -3.47. The van der Waals surface area contributed by atoms with Crippen LogP contribution in [0.3, 0.4) is 0 Å². The summed E-state index contributed by atoms with van der Waals surface area (Å²) >= 11 is 0. The maximum absolute atomic E-state index is 12.2. The molecule has 8 heteroatoms. The molecular weight excluding hydrogens is 276 g/mol. The lowest BCUT2D eigenvalue weighted by atomic mass is 10.1. The molecule has 2 heterocycles. The molecule has 0 radical (unpaired) electrons. The summed E-state index contributed by atoms with van der Waals surface area (Å²) in [5, 5.41) is 0.112. The van der Waals surface area contributed by atoms with Crippen molar-refractivity contribution < 1.29 is 8.42 Å². The second kappa shape index (κ2) is 5.56. The first kappa shape index (κ1) is 15.4. The molecule has 2 rings (SSSR count). The Morgan fingerprint density at radius 2 is 2.17 bits per heavy atom. The average Bonchev–Trinajstić information content (AvgIpc) is 2.87. The van der Waals surface area contributed by atoms with Crippen LogP contribution in [-0.2, 0) is 16.6 Å². The van der Waals surface area contributed by atoms with Crippen molar-refractivity contribution in [2.24, 2.45) is 11.7 Å². The van der Waals surface area contributed by atoms with Crippen LogP contribution in [0.1, 0.15) is 13.8 Å². The van der Waals surface area contributed by atoms with Crippen LogP contribution < -0.4 is 5.73 Å². The summed E-state index contributed by atoms with van der Waals surface area (Å²) in [7, 11) is -3.47. The fourth-order valence-electron chi connectivity index (χ4n) is 1.92. The molecule has 0 bridgehead atoms. The lowest BCUT2D eigenvalue weighted by Crippen LogP contribution is -2.32. The summed E-state index contributed by atoms with van der Waals surface area (Å²) in [5.74, 6) is 0.193. The van der Waals surface area contributed by atoms with E-state index in [1.807, 2.05) is 13.8 Å². The van der Waals surface area contributed by atoms with Gasteiger partial charge in [-0.25, -0.2) is 13.4 Å². The third-order valence-corrected chi connectivity index (χ3v) is 4.93. The van der Waals surface area contributed by atoms with E-state index in [4.69, 9.17) is 5.73 Å². The van der Waals surface area contributed by atoms with Crippen LogP contribution in [0.25, 0.3) is 0 Å². The van der Waals surface area contributed by atoms with Crippen molar-refractivity contribution in [3.8, 4) is 0 Å². The molecule has 0 aliphatic carbocycles. The van der Waals surface area contributed by atoms with E-state index in [-0.39, 0.29) is 29.4 Å². The van der Waals surface area contributed by atoms with E-state index < -0.39 is 10.0 Å². The van der Waals surface area contributed by atoms with E-state index in [1.165, 1.54) is 10.6 Å². The number of rotatable bonds is 3. The summed E-state index contributed by atoms with van der Waals surface area (Å²) in [4.78, 5) is 3.95. The highest BCUT2D eigenvalue weighted by Gasteiger charge is 2.36. The maximum atomic E-state index is 12.2. The molecule has 0 amide bonds. The Bertz CT molecular complexity index is 492. The van der Waals surface area contributed by atoms with Crippen molar-refractivity contribution in [1.82, 2.24) is 13.9 Å². The molecule has 0 spiro atoms. The Labute approximate surface area is 114 Å². The minimum Gasteiger partial charge on any atom is -0.336 e. The van der Waals surface area contributed by atoms with Crippen molar-refractivity contribution in [2.45, 2.75) is 31.5 Å².